The fraction of sp³-hybridized carbons (Fsp3) is 0.655. The topological polar surface area (TPSA) is 118 Å². The summed E-state index contributed by atoms with van der Waals surface area (Å²) in [5.74, 6) is -1.23. The van der Waals surface area contributed by atoms with Crippen LogP contribution in [0.2, 0.25) is 0 Å². The number of ether oxygens (including phenoxy) is 4. The van der Waals surface area contributed by atoms with Crippen molar-refractivity contribution >= 4 is 23.9 Å². The molecule has 2 amide bonds. The van der Waals surface area contributed by atoms with Gasteiger partial charge in [-0.1, -0.05) is 43.9 Å². The van der Waals surface area contributed by atoms with E-state index in [-0.39, 0.29) is 36.9 Å². The molecule has 0 N–H and O–H groups in total. The molecule has 10 heteroatoms. The van der Waals surface area contributed by atoms with Crippen LogP contribution in [0.4, 0.5) is 4.79 Å². The number of amides is 2. The van der Waals surface area contributed by atoms with Gasteiger partial charge in [0, 0.05) is 33.2 Å². The smallest absolute Gasteiger partial charge is 0.428 e. The zero-order valence-electron chi connectivity index (χ0n) is 24.3. The molecule has 0 aromatic heterocycles. The van der Waals surface area contributed by atoms with Crippen LogP contribution in [0, 0.1) is 5.92 Å². The second kappa shape index (κ2) is 18.3. The van der Waals surface area contributed by atoms with Crippen LogP contribution in [-0.4, -0.2) is 54.9 Å². The minimum atomic E-state index is -1.14. The van der Waals surface area contributed by atoms with Gasteiger partial charge in [-0.15, -0.1) is 0 Å². The lowest BCUT2D eigenvalue weighted by molar-refractivity contribution is -0.177. The van der Waals surface area contributed by atoms with Crippen LogP contribution in [0.5, 0.6) is 5.75 Å². The lowest BCUT2D eigenvalue weighted by Gasteiger charge is -2.27. The molecule has 1 aromatic carbocycles. The van der Waals surface area contributed by atoms with Crippen molar-refractivity contribution in [1.29, 1.82) is 0 Å². The molecule has 39 heavy (non-hydrogen) atoms. The van der Waals surface area contributed by atoms with Crippen molar-refractivity contribution in [3.8, 4) is 5.75 Å². The summed E-state index contributed by atoms with van der Waals surface area (Å²) in [6, 6.07) is 6.57. The first-order valence-electron chi connectivity index (χ1n) is 13.7. The van der Waals surface area contributed by atoms with E-state index in [9.17, 15) is 19.2 Å². The number of unbranched alkanes of at least 4 members (excludes halogenated alkanes) is 1. The van der Waals surface area contributed by atoms with Crippen LogP contribution in [0.15, 0.2) is 24.3 Å². The minimum Gasteiger partial charge on any atom is -0.428 e. The Labute approximate surface area is 232 Å². The Bertz CT molecular complexity index is 881. The Morgan fingerprint density at radius 1 is 0.974 bits per heavy atom. The van der Waals surface area contributed by atoms with Crippen LogP contribution < -0.4 is 4.74 Å². The van der Waals surface area contributed by atoms with Crippen molar-refractivity contribution in [3.63, 3.8) is 0 Å². The number of methoxy groups -OCH3 is 1. The van der Waals surface area contributed by atoms with Crippen molar-refractivity contribution in [2.45, 2.75) is 98.2 Å². The van der Waals surface area contributed by atoms with Crippen LogP contribution in [0.3, 0.4) is 0 Å². The molecule has 2 rings (SSSR count). The number of hydroxylamine groups is 2. The highest BCUT2D eigenvalue weighted by molar-refractivity contribution is 6.01. The second-order valence-corrected chi connectivity index (χ2v) is 9.84. The molecule has 10 nitrogen and oxygen atoms in total. The third kappa shape index (κ3) is 13.6. The van der Waals surface area contributed by atoms with Crippen molar-refractivity contribution in [3.05, 3.63) is 29.8 Å². The van der Waals surface area contributed by atoms with E-state index in [4.69, 9.17) is 14.2 Å². The van der Waals surface area contributed by atoms with Gasteiger partial charge in [-0.3, -0.25) is 19.2 Å². The standard InChI is InChI=1S/C26H37NO8.C3H8O/c1-5-7-8-20(15-16-26(3,4)33-17-6-2)24(30)34-21-11-9-19(10-12-21)18-32-25(31)35-27-22(28)13-14-23(27)29;1-3-4-2/h9-12,20H,5-8,13-18H2,1-4H3;3H2,1-2H3. The first-order chi connectivity index (χ1) is 18.6. The van der Waals surface area contributed by atoms with Crippen LogP contribution >= 0.6 is 0 Å². The number of imide groups is 1. The molecule has 0 spiro atoms. The number of benzene rings is 1. The van der Waals surface area contributed by atoms with Gasteiger partial charge >= 0.3 is 12.1 Å². The maximum absolute atomic E-state index is 12.9. The third-order valence-electron chi connectivity index (χ3n) is 5.99. The average Bonchev–Trinajstić information content (AvgIpc) is 3.23. The normalized spacial score (nSPS) is 13.9. The summed E-state index contributed by atoms with van der Waals surface area (Å²) in [6.45, 7) is 11.6. The Hall–Kier alpha value is -2.98. The Balaban J connectivity index is 0.00000177. The maximum Gasteiger partial charge on any atom is 0.534 e. The van der Waals surface area contributed by atoms with Gasteiger partial charge in [0.15, 0.2) is 0 Å². The van der Waals surface area contributed by atoms with E-state index in [0.717, 1.165) is 38.7 Å². The molecule has 1 saturated heterocycles. The highest BCUT2D eigenvalue weighted by Gasteiger charge is 2.33. The van der Waals surface area contributed by atoms with Crippen molar-refractivity contribution in [2.75, 3.05) is 20.3 Å². The number of carbonyl (C=O) groups excluding carboxylic acids is 4. The van der Waals surface area contributed by atoms with Gasteiger partial charge in [0.05, 0.1) is 11.5 Å². The van der Waals surface area contributed by atoms with E-state index in [2.05, 4.69) is 23.4 Å². The molecular formula is C29H45NO9. The van der Waals surface area contributed by atoms with Gasteiger partial charge < -0.3 is 18.9 Å². The van der Waals surface area contributed by atoms with Crippen LogP contribution in [0.25, 0.3) is 0 Å². The predicted molar refractivity (Wildman–Crippen MR) is 145 cm³/mol. The first kappa shape index (κ1) is 34.0. The monoisotopic (exact) mass is 551 g/mol. The number of carbonyl (C=O) groups is 4. The number of nitrogens with zero attached hydrogens (tertiary/aromatic N) is 1. The van der Waals surface area contributed by atoms with Crippen molar-refractivity contribution in [1.82, 2.24) is 5.06 Å². The van der Waals surface area contributed by atoms with Gasteiger partial charge in [-0.2, -0.15) is 0 Å². The Morgan fingerprint density at radius 2 is 1.59 bits per heavy atom. The molecule has 0 saturated carbocycles. The second-order valence-electron chi connectivity index (χ2n) is 9.84. The molecule has 1 heterocycles. The molecule has 220 valence electrons. The summed E-state index contributed by atoms with van der Waals surface area (Å²) in [5.41, 5.74) is 0.331. The summed E-state index contributed by atoms with van der Waals surface area (Å²) in [5, 5.41) is 0.427. The minimum absolute atomic E-state index is 0.00991. The number of hydrogen-bond acceptors (Lipinski definition) is 9. The lowest BCUT2D eigenvalue weighted by atomic mass is 9.91. The molecule has 0 bridgehead atoms. The summed E-state index contributed by atoms with van der Waals surface area (Å²) < 4.78 is 21.0. The van der Waals surface area contributed by atoms with Crippen molar-refractivity contribution < 1.29 is 43.0 Å². The molecule has 0 radical (unpaired) electrons. The summed E-state index contributed by atoms with van der Waals surface area (Å²) >= 11 is 0. The summed E-state index contributed by atoms with van der Waals surface area (Å²) in [6.07, 6.45) is 3.97. The summed E-state index contributed by atoms with van der Waals surface area (Å²) in [4.78, 5) is 52.2. The zero-order chi connectivity index (χ0) is 29.3. The predicted octanol–water partition coefficient (Wildman–Crippen LogP) is 5.75. The van der Waals surface area contributed by atoms with Gasteiger partial charge in [-0.05, 0) is 64.2 Å². The number of hydrogen-bond donors (Lipinski definition) is 0. The zero-order valence-corrected chi connectivity index (χ0v) is 24.3. The molecule has 1 fully saturated rings. The Kier molecular flexibility index (Phi) is 16.0. The van der Waals surface area contributed by atoms with Gasteiger partial charge in [0.1, 0.15) is 12.4 Å². The maximum atomic E-state index is 12.9. The number of esters is 1. The van der Waals surface area contributed by atoms with Crippen LogP contribution in [-0.2, 0) is 40.0 Å². The van der Waals surface area contributed by atoms with E-state index in [1.54, 1.807) is 31.4 Å². The molecule has 1 aliphatic heterocycles. The molecular weight excluding hydrogens is 506 g/mol. The number of rotatable bonds is 15. The molecule has 1 aromatic rings. The first-order valence-corrected chi connectivity index (χ1v) is 13.7. The van der Waals surface area contributed by atoms with Crippen LogP contribution in [0.1, 0.15) is 91.5 Å². The summed E-state index contributed by atoms with van der Waals surface area (Å²) in [7, 11) is 1.68. The van der Waals surface area contributed by atoms with Gasteiger partial charge in [-0.25, -0.2) is 4.79 Å². The van der Waals surface area contributed by atoms with E-state index in [1.807, 2.05) is 20.8 Å². The van der Waals surface area contributed by atoms with E-state index < -0.39 is 18.0 Å². The quantitative estimate of drug-likeness (QED) is 0.152. The molecule has 1 atom stereocenters. The largest absolute Gasteiger partial charge is 0.534 e. The molecule has 0 aliphatic carbocycles. The SMILES string of the molecule is CCCCC(CCC(C)(C)OCCC)C(=O)Oc1ccc(COC(=O)ON2C(=O)CCC2=O)cc1.CCOC. The van der Waals surface area contributed by atoms with E-state index in [0.29, 0.717) is 29.4 Å². The van der Waals surface area contributed by atoms with Crippen molar-refractivity contribution in [2.24, 2.45) is 5.92 Å². The van der Waals surface area contributed by atoms with Gasteiger partial charge in [0.25, 0.3) is 11.8 Å². The average molecular weight is 552 g/mol. The molecule has 1 aliphatic rings. The highest BCUT2D eigenvalue weighted by atomic mass is 16.8. The molecule has 1 unspecified atom stereocenters. The fourth-order valence-corrected chi connectivity index (χ4v) is 3.56. The highest BCUT2D eigenvalue weighted by Crippen LogP contribution is 2.25. The third-order valence-corrected chi connectivity index (χ3v) is 5.99. The lowest BCUT2D eigenvalue weighted by Crippen LogP contribution is -2.32. The van der Waals surface area contributed by atoms with E-state index in [1.165, 1.54) is 0 Å². The van der Waals surface area contributed by atoms with Gasteiger partial charge in [0.2, 0.25) is 0 Å². The Morgan fingerprint density at radius 3 is 2.13 bits per heavy atom. The fourth-order valence-electron chi connectivity index (χ4n) is 3.56. The van der Waals surface area contributed by atoms with E-state index >= 15 is 0 Å².